The summed E-state index contributed by atoms with van der Waals surface area (Å²) in [6.07, 6.45) is 2.07. The SMILES string of the molecule is CCCCNC(=O)NCc1ccc2c(c1)OCCO2. The van der Waals surface area contributed by atoms with Crippen molar-refractivity contribution in [3.8, 4) is 11.5 Å². The molecule has 0 saturated carbocycles. The van der Waals surface area contributed by atoms with Gasteiger partial charge in [0.25, 0.3) is 0 Å². The summed E-state index contributed by atoms with van der Waals surface area (Å²) in [6.45, 7) is 4.44. The summed E-state index contributed by atoms with van der Waals surface area (Å²) in [5, 5.41) is 5.63. The molecule has 2 rings (SSSR count). The number of carbonyl (C=O) groups excluding carboxylic acids is 1. The van der Waals surface area contributed by atoms with Crippen molar-refractivity contribution in [2.45, 2.75) is 26.3 Å². The van der Waals surface area contributed by atoms with Gasteiger partial charge in [-0.2, -0.15) is 0 Å². The summed E-state index contributed by atoms with van der Waals surface area (Å²) in [7, 11) is 0. The van der Waals surface area contributed by atoms with E-state index in [1.54, 1.807) is 0 Å². The number of hydrogen-bond donors (Lipinski definition) is 2. The lowest BCUT2D eigenvalue weighted by Gasteiger charge is -2.19. The lowest BCUT2D eigenvalue weighted by molar-refractivity contribution is 0.171. The Labute approximate surface area is 113 Å². The molecule has 1 aliphatic rings. The van der Waals surface area contributed by atoms with E-state index >= 15 is 0 Å². The smallest absolute Gasteiger partial charge is 0.315 e. The van der Waals surface area contributed by atoms with Gasteiger partial charge in [-0.15, -0.1) is 0 Å². The maximum Gasteiger partial charge on any atom is 0.315 e. The highest BCUT2D eigenvalue weighted by molar-refractivity contribution is 5.73. The minimum Gasteiger partial charge on any atom is -0.486 e. The van der Waals surface area contributed by atoms with Gasteiger partial charge in [0.05, 0.1) is 0 Å². The van der Waals surface area contributed by atoms with E-state index in [9.17, 15) is 4.79 Å². The monoisotopic (exact) mass is 264 g/mol. The van der Waals surface area contributed by atoms with Crippen molar-refractivity contribution in [1.29, 1.82) is 0 Å². The Morgan fingerprint density at radius 3 is 2.79 bits per heavy atom. The largest absolute Gasteiger partial charge is 0.486 e. The number of rotatable bonds is 5. The molecule has 19 heavy (non-hydrogen) atoms. The lowest BCUT2D eigenvalue weighted by atomic mass is 10.2. The molecule has 0 aliphatic carbocycles. The zero-order valence-electron chi connectivity index (χ0n) is 11.2. The fourth-order valence-corrected chi connectivity index (χ4v) is 1.82. The molecule has 104 valence electrons. The van der Waals surface area contributed by atoms with Gasteiger partial charge in [-0.1, -0.05) is 19.4 Å². The molecule has 0 fully saturated rings. The summed E-state index contributed by atoms with van der Waals surface area (Å²) in [5.74, 6) is 1.51. The van der Waals surface area contributed by atoms with Crippen molar-refractivity contribution in [3.05, 3.63) is 23.8 Å². The molecule has 0 aromatic heterocycles. The Morgan fingerprint density at radius 2 is 2.00 bits per heavy atom. The van der Waals surface area contributed by atoms with Crippen LogP contribution in [0.4, 0.5) is 4.79 Å². The quantitative estimate of drug-likeness (QED) is 0.800. The summed E-state index contributed by atoms with van der Waals surface area (Å²) in [6, 6.07) is 5.57. The molecular formula is C14H20N2O3. The second-order valence-electron chi connectivity index (χ2n) is 4.44. The van der Waals surface area contributed by atoms with Crippen LogP contribution in [-0.2, 0) is 6.54 Å². The molecule has 0 unspecified atom stereocenters. The van der Waals surface area contributed by atoms with Crippen molar-refractivity contribution in [2.24, 2.45) is 0 Å². The molecule has 1 heterocycles. The fraction of sp³-hybridized carbons (Fsp3) is 0.500. The third-order valence-electron chi connectivity index (χ3n) is 2.88. The first-order chi connectivity index (χ1) is 9.29. The van der Waals surface area contributed by atoms with Gasteiger partial charge in [0.15, 0.2) is 11.5 Å². The Balaban J connectivity index is 1.81. The van der Waals surface area contributed by atoms with Crippen LogP contribution in [0.25, 0.3) is 0 Å². The van der Waals surface area contributed by atoms with E-state index < -0.39 is 0 Å². The van der Waals surface area contributed by atoms with Gasteiger partial charge < -0.3 is 20.1 Å². The van der Waals surface area contributed by atoms with Crippen LogP contribution in [0.3, 0.4) is 0 Å². The summed E-state index contributed by atoms with van der Waals surface area (Å²) in [5.41, 5.74) is 0.995. The highest BCUT2D eigenvalue weighted by Gasteiger charge is 2.11. The van der Waals surface area contributed by atoms with Crippen LogP contribution in [0.1, 0.15) is 25.3 Å². The van der Waals surface area contributed by atoms with Gasteiger partial charge in [0.1, 0.15) is 13.2 Å². The molecule has 0 atom stereocenters. The van der Waals surface area contributed by atoms with Crippen LogP contribution in [0, 0.1) is 0 Å². The predicted octanol–water partition coefficient (Wildman–Crippen LogP) is 2.06. The van der Waals surface area contributed by atoms with Crippen LogP contribution in [0.15, 0.2) is 18.2 Å². The fourth-order valence-electron chi connectivity index (χ4n) is 1.82. The Bertz CT molecular complexity index is 435. The standard InChI is InChI=1S/C14H20N2O3/c1-2-3-6-15-14(17)16-10-11-4-5-12-13(9-11)19-8-7-18-12/h4-5,9H,2-3,6-8,10H2,1H3,(H2,15,16,17). The molecule has 0 radical (unpaired) electrons. The van der Waals surface area contributed by atoms with Gasteiger partial charge in [-0.3, -0.25) is 0 Å². The number of urea groups is 1. The number of fused-ring (bicyclic) bond motifs is 1. The van der Waals surface area contributed by atoms with Crippen LogP contribution in [0.5, 0.6) is 11.5 Å². The first-order valence-electron chi connectivity index (χ1n) is 6.70. The molecule has 5 nitrogen and oxygen atoms in total. The second kappa shape index (κ2) is 6.87. The summed E-state index contributed by atoms with van der Waals surface area (Å²) >= 11 is 0. The molecule has 2 amide bonds. The van der Waals surface area contributed by atoms with E-state index in [1.165, 1.54) is 0 Å². The summed E-state index contributed by atoms with van der Waals surface area (Å²) in [4.78, 5) is 11.5. The summed E-state index contributed by atoms with van der Waals surface area (Å²) < 4.78 is 10.9. The van der Waals surface area contributed by atoms with Crippen LogP contribution >= 0.6 is 0 Å². The third kappa shape index (κ3) is 4.05. The van der Waals surface area contributed by atoms with E-state index in [0.717, 1.165) is 29.9 Å². The average Bonchev–Trinajstić information content (AvgIpc) is 2.45. The molecular weight excluding hydrogens is 244 g/mol. The minimum atomic E-state index is -0.136. The van der Waals surface area contributed by atoms with Crippen LogP contribution in [0.2, 0.25) is 0 Å². The van der Waals surface area contributed by atoms with Crippen LogP contribution < -0.4 is 20.1 Å². The molecule has 5 heteroatoms. The number of nitrogens with one attached hydrogen (secondary N) is 2. The average molecular weight is 264 g/mol. The van der Waals surface area contributed by atoms with E-state index in [0.29, 0.717) is 26.3 Å². The van der Waals surface area contributed by atoms with Gasteiger partial charge >= 0.3 is 6.03 Å². The van der Waals surface area contributed by atoms with Gasteiger partial charge in [-0.25, -0.2) is 4.79 Å². The van der Waals surface area contributed by atoms with Gasteiger partial charge in [-0.05, 0) is 24.1 Å². The second-order valence-corrected chi connectivity index (χ2v) is 4.44. The van der Waals surface area contributed by atoms with Crippen molar-refractivity contribution in [2.75, 3.05) is 19.8 Å². The van der Waals surface area contributed by atoms with E-state index in [2.05, 4.69) is 17.6 Å². The Hall–Kier alpha value is -1.91. The molecule has 1 aliphatic heterocycles. The minimum absolute atomic E-state index is 0.136. The highest BCUT2D eigenvalue weighted by Crippen LogP contribution is 2.30. The van der Waals surface area contributed by atoms with Gasteiger partial charge in [0.2, 0.25) is 0 Å². The number of carbonyl (C=O) groups is 1. The zero-order chi connectivity index (χ0) is 13.5. The maximum absolute atomic E-state index is 11.5. The lowest BCUT2D eigenvalue weighted by Crippen LogP contribution is -2.35. The molecule has 0 saturated heterocycles. The normalized spacial score (nSPS) is 12.9. The molecule has 0 spiro atoms. The van der Waals surface area contributed by atoms with Gasteiger partial charge in [0, 0.05) is 13.1 Å². The van der Waals surface area contributed by atoms with E-state index in [-0.39, 0.29) is 6.03 Å². The Kier molecular flexibility index (Phi) is 4.89. The molecule has 1 aromatic rings. The highest BCUT2D eigenvalue weighted by atomic mass is 16.6. The van der Waals surface area contributed by atoms with E-state index in [1.807, 2.05) is 18.2 Å². The maximum atomic E-state index is 11.5. The number of benzene rings is 1. The predicted molar refractivity (Wildman–Crippen MR) is 72.6 cm³/mol. The number of hydrogen-bond acceptors (Lipinski definition) is 3. The molecule has 2 N–H and O–H groups in total. The zero-order valence-corrected chi connectivity index (χ0v) is 11.2. The number of amides is 2. The first-order valence-corrected chi connectivity index (χ1v) is 6.70. The first kappa shape index (κ1) is 13.5. The van der Waals surface area contributed by atoms with Crippen LogP contribution in [-0.4, -0.2) is 25.8 Å². The van der Waals surface area contributed by atoms with E-state index in [4.69, 9.17) is 9.47 Å². The Morgan fingerprint density at radius 1 is 1.21 bits per heavy atom. The topological polar surface area (TPSA) is 59.6 Å². The van der Waals surface area contributed by atoms with Crippen molar-refractivity contribution < 1.29 is 14.3 Å². The molecule has 0 bridgehead atoms. The van der Waals surface area contributed by atoms with Crippen molar-refractivity contribution >= 4 is 6.03 Å². The third-order valence-corrected chi connectivity index (χ3v) is 2.88. The number of ether oxygens (including phenoxy) is 2. The van der Waals surface area contributed by atoms with Crippen molar-refractivity contribution in [1.82, 2.24) is 10.6 Å². The molecule has 1 aromatic carbocycles. The number of unbranched alkanes of at least 4 members (excludes halogenated alkanes) is 1. The van der Waals surface area contributed by atoms with Crippen molar-refractivity contribution in [3.63, 3.8) is 0 Å².